The van der Waals surface area contributed by atoms with E-state index in [-0.39, 0.29) is 17.0 Å². The molecule has 1 aliphatic rings. The fraction of sp³-hybridized carbons (Fsp3) is 0.261. The smallest absolute Gasteiger partial charge is 0.284 e. The van der Waals surface area contributed by atoms with Crippen LogP contribution in [0.3, 0.4) is 0 Å². The molecule has 0 radical (unpaired) electrons. The van der Waals surface area contributed by atoms with Gasteiger partial charge in [0.25, 0.3) is 0 Å². The molecule has 2 unspecified atom stereocenters. The molecule has 1 aromatic carbocycles. The molecule has 1 aliphatic heterocycles. The zero-order chi connectivity index (χ0) is 25.4. The van der Waals surface area contributed by atoms with Crippen molar-refractivity contribution in [2.75, 3.05) is 0 Å². The molecule has 3 heterocycles. The molecule has 35 heavy (non-hydrogen) atoms. The van der Waals surface area contributed by atoms with Gasteiger partial charge in [0, 0.05) is 12.4 Å². The number of pyridine rings is 1. The first-order chi connectivity index (χ1) is 16.4. The predicted octanol–water partition coefficient (Wildman–Crippen LogP) is 5.61. The standard InChI is InChI=1S/C23H17F6N5S/c1-13-15(6-9-20-31-32-21(35-20)19-5-3-4-10-30-19)12-34(33-13)14(2)17-8-7-16(22(24,25)26)11-18(17)23(27,28)29/h3-5,7-8,10-12,14,20,31H,1-2H3. The van der Waals surface area contributed by atoms with Gasteiger partial charge in [0.1, 0.15) is 5.04 Å². The van der Waals surface area contributed by atoms with Crippen LogP contribution in [0, 0.1) is 18.8 Å². The fourth-order valence-electron chi connectivity index (χ4n) is 3.38. The summed E-state index contributed by atoms with van der Waals surface area (Å²) < 4.78 is 81.0. The lowest BCUT2D eigenvalue weighted by molar-refractivity contribution is -0.143. The Morgan fingerprint density at radius 2 is 1.86 bits per heavy atom. The molecule has 0 amide bonds. The Hall–Kier alpha value is -3.46. The quantitative estimate of drug-likeness (QED) is 0.369. The Bertz CT molecular complexity index is 1320. The molecule has 3 aromatic rings. The van der Waals surface area contributed by atoms with Gasteiger partial charge in [-0.15, -0.1) is 0 Å². The van der Waals surface area contributed by atoms with E-state index in [4.69, 9.17) is 0 Å². The van der Waals surface area contributed by atoms with Crippen LogP contribution < -0.4 is 5.43 Å². The molecule has 0 bridgehead atoms. The molecule has 12 heteroatoms. The van der Waals surface area contributed by atoms with Crippen molar-refractivity contribution < 1.29 is 26.3 Å². The summed E-state index contributed by atoms with van der Waals surface area (Å²) in [7, 11) is 0. The van der Waals surface area contributed by atoms with Crippen LogP contribution in [0.4, 0.5) is 26.3 Å². The van der Waals surface area contributed by atoms with E-state index < -0.39 is 29.5 Å². The third kappa shape index (κ3) is 5.45. The van der Waals surface area contributed by atoms with Gasteiger partial charge in [-0.2, -0.15) is 36.5 Å². The Labute approximate surface area is 200 Å². The van der Waals surface area contributed by atoms with Crippen molar-refractivity contribution >= 4 is 16.8 Å². The number of alkyl halides is 6. The van der Waals surface area contributed by atoms with Gasteiger partial charge in [0.15, 0.2) is 5.37 Å². The first-order valence-electron chi connectivity index (χ1n) is 10.2. The topological polar surface area (TPSA) is 55.1 Å². The molecule has 4 rings (SSSR count). The molecule has 2 aromatic heterocycles. The highest BCUT2D eigenvalue weighted by Crippen LogP contribution is 2.39. The lowest BCUT2D eigenvalue weighted by Gasteiger charge is -2.20. The Balaban J connectivity index is 1.56. The van der Waals surface area contributed by atoms with E-state index in [2.05, 4.69) is 32.5 Å². The first-order valence-corrected chi connectivity index (χ1v) is 11.1. The second-order valence-corrected chi connectivity index (χ2v) is 8.70. The fourth-order valence-corrected chi connectivity index (χ4v) is 4.17. The van der Waals surface area contributed by atoms with Crippen LogP contribution in [0.15, 0.2) is 53.9 Å². The summed E-state index contributed by atoms with van der Waals surface area (Å²) in [5, 5.41) is 8.77. The van der Waals surface area contributed by atoms with E-state index >= 15 is 0 Å². The number of hydrazone groups is 1. The molecule has 0 fully saturated rings. The monoisotopic (exact) mass is 509 g/mol. The van der Waals surface area contributed by atoms with E-state index in [0.717, 1.165) is 6.07 Å². The van der Waals surface area contributed by atoms with Crippen molar-refractivity contribution in [1.29, 1.82) is 0 Å². The summed E-state index contributed by atoms with van der Waals surface area (Å²) in [6.45, 7) is 3.08. The molecular formula is C23H17F6N5S. The van der Waals surface area contributed by atoms with Gasteiger partial charge in [-0.3, -0.25) is 15.1 Å². The summed E-state index contributed by atoms with van der Waals surface area (Å²) in [5.41, 5.74) is 1.49. The maximum absolute atomic E-state index is 13.6. The lowest BCUT2D eigenvalue weighted by atomic mass is 9.98. The van der Waals surface area contributed by atoms with E-state index in [1.54, 1.807) is 19.2 Å². The van der Waals surface area contributed by atoms with Gasteiger partial charge in [-0.25, -0.2) is 0 Å². The minimum absolute atomic E-state index is 0.130. The second-order valence-electron chi connectivity index (χ2n) is 7.61. The van der Waals surface area contributed by atoms with Crippen molar-refractivity contribution in [3.8, 4) is 11.8 Å². The molecule has 2 atom stereocenters. The van der Waals surface area contributed by atoms with Gasteiger partial charge in [-0.1, -0.05) is 35.7 Å². The van der Waals surface area contributed by atoms with Crippen molar-refractivity contribution in [3.05, 3.63) is 82.4 Å². The largest absolute Gasteiger partial charge is 0.416 e. The molecule has 0 saturated heterocycles. The number of rotatable bonds is 3. The zero-order valence-electron chi connectivity index (χ0n) is 18.2. The van der Waals surface area contributed by atoms with Crippen LogP contribution in [0.25, 0.3) is 0 Å². The van der Waals surface area contributed by atoms with Crippen molar-refractivity contribution in [2.45, 2.75) is 37.6 Å². The van der Waals surface area contributed by atoms with Gasteiger partial charge in [0.05, 0.1) is 34.1 Å². The van der Waals surface area contributed by atoms with Gasteiger partial charge < -0.3 is 0 Å². The summed E-state index contributed by atoms with van der Waals surface area (Å²) in [6.07, 6.45) is -6.73. The Morgan fingerprint density at radius 1 is 1.09 bits per heavy atom. The molecular weight excluding hydrogens is 492 g/mol. The first kappa shape index (κ1) is 24.7. The number of aromatic nitrogens is 3. The number of nitrogens with one attached hydrogen (secondary N) is 1. The average Bonchev–Trinajstić information content (AvgIpc) is 3.43. The third-order valence-electron chi connectivity index (χ3n) is 5.18. The Kier molecular flexibility index (Phi) is 6.55. The lowest BCUT2D eigenvalue weighted by Crippen LogP contribution is -2.17. The SMILES string of the molecule is Cc1nn(C(C)c2ccc(C(F)(F)F)cc2C(F)(F)F)cc1C#CC1NN=C(c2ccccn2)S1. The highest BCUT2D eigenvalue weighted by molar-refractivity contribution is 8.15. The molecule has 1 N–H and O–H groups in total. The Morgan fingerprint density at radius 3 is 2.51 bits per heavy atom. The van der Waals surface area contributed by atoms with E-state index in [9.17, 15) is 26.3 Å². The van der Waals surface area contributed by atoms with Crippen LogP contribution in [-0.2, 0) is 12.4 Å². The predicted molar refractivity (Wildman–Crippen MR) is 119 cm³/mol. The molecule has 182 valence electrons. The maximum Gasteiger partial charge on any atom is 0.416 e. The van der Waals surface area contributed by atoms with Crippen molar-refractivity contribution in [2.24, 2.45) is 5.10 Å². The highest BCUT2D eigenvalue weighted by atomic mass is 32.2. The number of halogens is 6. The highest BCUT2D eigenvalue weighted by Gasteiger charge is 2.39. The maximum atomic E-state index is 13.6. The number of nitrogens with zero attached hydrogens (tertiary/aromatic N) is 4. The number of thioether (sulfide) groups is 1. The van der Waals surface area contributed by atoms with E-state index in [1.165, 1.54) is 29.6 Å². The summed E-state index contributed by atoms with van der Waals surface area (Å²) >= 11 is 1.37. The molecule has 0 spiro atoms. The van der Waals surface area contributed by atoms with Crippen LogP contribution in [0.1, 0.15) is 46.6 Å². The van der Waals surface area contributed by atoms with Crippen LogP contribution in [0.5, 0.6) is 0 Å². The zero-order valence-corrected chi connectivity index (χ0v) is 19.1. The van der Waals surface area contributed by atoms with Crippen LogP contribution in [-0.4, -0.2) is 25.2 Å². The van der Waals surface area contributed by atoms with E-state index in [0.29, 0.717) is 28.1 Å². The summed E-state index contributed by atoms with van der Waals surface area (Å²) in [6, 6.07) is 6.07. The van der Waals surface area contributed by atoms with Gasteiger partial charge >= 0.3 is 12.4 Å². The summed E-state index contributed by atoms with van der Waals surface area (Å²) in [4.78, 5) is 4.23. The molecule has 0 aliphatic carbocycles. The summed E-state index contributed by atoms with van der Waals surface area (Å²) in [5.74, 6) is 5.94. The number of hydrogen-bond acceptors (Lipinski definition) is 5. The number of hydrogen-bond donors (Lipinski definition) is 1. The van der Waals surface area contributed by atoms with Crippen molar-refractivity contribution in [3.63, 3.8) is 0 Å². The van der Waals surface area contributed by atoms with E-state index in [1.807, 2.05) is 12.1 Å². The number of aryl methyl sites for hydroxylation is 1. The minimum atomic E-state index is -4.97. The van der Waals surface area contributed by atoms with Crippen LogP contribution >= 0.6 is 11.8 Å². The second kappa shape index (κ2) is 9.30. The normalized spacial score (nSPS) is 16.8. The minimum Gasteiger partial charge on any atom is -0.284 e. The van der Waals surface area contributed by atoms with Crippen LogP contribution in [0.2, 0.25) is 0 Å². The van der Waals surface area contributed by atoms with Gasteiger partial charge in [0.2, 0.25) is 0 Å². The molecule has 0 saturated carbocycles. The van der Waals surface area contributed by atoms with Crippen molar-refractivity contribution in [1.82, 2.24) is 20.2 Å². The average molecular weight is 509 g/mol. The van der Waals surface area contributed by atoms with Gasteiger partial charge in [-0.05, 0) is 43.7 Å². The third-order valence-corrected chi connectivity index (χ3v) is 6.17. The number of benzene rings is 1. The molecule has 5 nitrogen and oxygen atoms in total.